The van der Waals surface area contributed by atoms with Crippen LogP contribution in [0.25, 0.3) is 0 Å². The quantitative estimate of drug-likeness (QED) is 0.229. The first-order valence-corrected chi connectivity index (χ1v) is 25.7. The Morgan fingerprint density at radius 2 is 0.729 bits per heavy atom. The van der Waals surface area contributed by atoms with Crippen molar-refractivity contribution < 1.29 is 66.4 Å². The molecule has 2 aliphatic carbocycles. The van der Waals surface area contributed by atoms with E-state index in [4.69, 9.17) is 56.8 Å². The van der Waals surface area contributed by atoms with Gasteiger partial charge in [0.05, 0.1) is 117 Å². The molecular formula is C54H76N2O14. The van der Waals surface area contributed by atoms with Crippen molar-refractivity contribution in [3.63, 3.8) is 0 Å². The summed E-state index contributed by atoms with van der Waals surface area (Å²) in [5, 5.41) is 6.64. The van der Waals surface area contributed by atoms with E-state index in [2.05, 4.69) is 36.6 Å². The monoisotopic (exact) mass is 977 g/mol. The highest BCUT2D eigenvalue weighted by atomic mass is 16.6. The summed E-state index contributed by atoms with van der Waals surface area (Å²) in [5.74, 6) is 1.95. The van der Waals surface area contributed by atoms with Crippen LogP contribution in [0.2, 0.25) is 0 Å². The normalized spacial score (nSPS) is 23.1. The van der Waals surface area contributed by atoms with Gasteiger partial charge in [-0.1, -0.05) is 38.8 Å². The number of hydrogen-bond donors (Lipinski definition) is 2. The molecule has 0 bridgehead atoms. The van der Waals surface area contributed by atoms with E-state index in [-0.39, 0.29) is 25.0 Å². The first kappa shape index (κ1) is 53.3. The van der Waals surface area contributed by atoms with Gasteiger partial charge < -0.3 is 67.5 Å². The molecule has 16 heteroatoms. The molecule has 2 aliphatic heterocycles. The van der Waals surface area contributed by atoms with Gasteiger partial charge in [0.25, 0.3) is 0 Å². The van der Waals surface area contributed by atoms with Crippen molar-refractivity contribution >= 4 is 23.2 Å². The molecule has 7 rings (SSSR count). The Balaban J connectivity index is 1.12. The third kappa shape index (κ3) is 14.8. The molecule has 0 saturated heterocycles. The summed E-state index contributed by atoms with van der Waals surface area (Å²) in [4.78, 5) is 30.2. The number of carbonyl (C=O) groups excluding carboxylic acids is 2. The predicted molar refractivity (Wildman–Crippen MR) is 264 cm³/mol. The molecule has 0 saturated carbocycles. The fourth-order valence-corrected chi connectivity index (χ4v) is 10.0. The van der Waals surface area contributed by atoms with Crippen molar-refractivity contribution in [1.82, 2.24) is 0 Å². The zero-order valence-corrected chi connectivity index (χ0v) is 41.5. The maximum absolute atomic E-state index is 15.1. The highest BCUT2D eigenvalue weighted by Gasteiger charge is 2.47. The number of ether oxygens (including phenoxy) is 12. The van der Waals surface area contributed by atoms with Gasteiger partial charge in [-0.15, -0.1) is 0 Å². The fourth-order valence-electron chi connectivity index (χ4n) is 10.0. The predicted octanol–water partition coefficient (Wildman–Crippen LogP) is 7.39. The molecule has 2 N–H and O–H groups in total. The lowest BCUT2D eigenvalue weighted by atomic mass is 9.61. The molecule has 2 atom stereocenters. The van der Waals surface area contributed by atoms with Crippen LogP contribution in [-0.2, 0) is 71.2 Å². The number of benzene rings is 3. The Bertz CT molecular complexity index is 1950. The zero-order valence-electron chi connectivity index (χ0n) is 41.5. The number of hydrogen-bond acceptors (Lipinski definition) is 14. The molecule has 0 spiro atoms. The van der Waals surface area contributed by atoms with Gasteiger partial charge in [0.1, 0.15) is 26.4 Å². The minimum Gasteiger partial charge on any atom is -0.487 e. The van der Waals surface area contributed by atoms with Crippen molar-refractivity contribution in [2.75, 3.05) is 143 Å². The van der Waals surface area contributed by atoms with E-state index in [1.165, 1.54) is 11.1 Å². The molecule has 0 radical (unpaired) electrons. The first-order chi connectivity index (χ1) is 34.5. The molecule has 0 fully saturated rings. The van der Waals surface area contributed by atoms with Crippen LogP contribution in [-0.4, -0.2) is 144 Å². The second kappa shape index (κ2) is 28.5. The third-order valence-corrected chi connectivity index (χ3v) is 13.3. The topological polar surface area (TPSA) is 169 Å². The van der Waals surface area contributed by atoms with Crippen LogP contribution >= 0.6 is 0 Å². The summed E-state index contributed by atoms with van der Waals surface area (Å²) in [5.41, 5.74) is 4.01. The fraction of sp³-hybridized carbons (Fsp3) is 0.630. The number of anilines is 2. The Morgan fingerprint density at radius 3 is 1.06 bits per heavy atom. The zero-order chi connectivity index (χ0) is 48.7. The smallest absolute Gasteiger partial charge is 0.235 e. The second-order valence-electron chi connectivity index (χ2n) is 18.1. The van der Waals surface area contributed by atoms with Gasteiger partial charge in [0.15, 0.2) is 23.0 Å². The van der Waals surface area contributed by atoms with Crippen molar-refractivity contribution in [2.24, 2.45) is 0 Å². The van der Waals surface area contributed by atoms with E-state index >= 15 is 9.59 Å². The van der Waals surface area contributed by atoms with Gasteiger partial charge in [-0.25, -0.2) is 0 Å². The van der Waals surface area contributed by atoms with Crippen LogP contribution in [0.3, 0.4) is 0 Å². The molecule has 70 heavy (non-hydrogen) atoms. The summed E-state index contributed by atoms with van der Waals surface area (Å²) < 4.78 is 69.8. The first-order valence-electron chi connectivity index (χ1n) is 25.7. The number of nitrogens with one attached hydrogen (secondary N) is 2. The Kier molecular flexibility index (Phi) is 21.7. The van der Waals surface area contributed by atoms with Crippen molar-refractivity contribution in [3.8, 4) is 23.0 Å². The molecule has 0 aromatic heterocycles. The van der Waals surface area contributed by atoms with E-state index in [1.807, 2.05) is 36.4 Å². The Hall–Kier alpha value is -4.52. The van der Waals surface area contributed by atoms with Gasteiger partial charge in [-0.05, 0) is 97.9 Å². The van der Waals surface area contributed by atoms with Gasteiger partial charge in [-0.3, -0.25) is 9.59 Å². The molecule has 4 aliphatic rings. The lowest BCUT2D eigenvalue weighted by Gasteiger charge is -2.43. The van der Waals surface area contributed by atoms with E-state index in [9.17, 15) is 0 Å². The van der Waals surface area contributed by atoms with Crippen LogP contribution in [0.4, 0.5) is 11.4 Å². The molecular weight excluding hydrogens is 901 g/mol. The molecule has 16 nitrogen and oxygen atoms in total. The number of fused-ring (bicyclic) bond motifs is 4. The highest BCUT2D eigenvalue weighted by molar-refractivity contribution is 6.02. The minimum absolute atomic E-state index is 0.0695. The molecule has 386 valence electrons. The average Bonchev–Trinajstić information content (AvgIpc) is 3.36. The summed E-state index contributed by atoms with van der Waals surface area (Å²) in [6, 6.07) is 15.6. The summed E-state index contributed by atoms with van der Waals surface area (Å²) >= 11 is 0. The van der Waals surface area contributed by atoms with Gasteiger partial charge in [0, 0.05) is 23.5 Å². The van der Waals surface area contributed by atoms with Crippen LogP contribution < -0.4 is 29.6 Å². The number of amides is 2. The number of rotatable bonds is 8. The molecule has 3 aromatic rings. The third-order valence-electron chi connectivity index (χ3n) is 13.3. The van der Waals surface area contributed by atoms with Crippen LogP contribution in [0, 0.1) is 0 Å². The van der Waals surface area contributed by atoms with E-state index < -0.39 is 10.8 Å². The molecule has 3 aromatic carbocycles. The van der Waals surface area contributed by atoms with Crippen molar-refractivity contribution in [2.45, 2.75) is 88.9 Å². The van der Waals surface area contributed by atoms with Crippen LogP contribution in [0.1, 0.15) is 87.5 Å². The van der Waals surface area contributed by atoms with Crippen LogP contribution in [0.5, 0.6) is 23.0 Å². The SMILES string of the molecule is CCC[C@@]1(C(=O)Nc2ccc3c(c2)OCCOCCOCCOCCOCCO3)CCCc2cc3c(cc21)[C@@](CCC)(C(=O)Nc1ccc2c(c1)OCCOCCOCCOCCOCCO2)CCC3. The number of carbonyl (C=O) groups is 2. The van der Waals surface area contributed by atoms with E-state index in [1.54, 1.807) is 0 Å². The highest BCUT2D eigenvalue weighted by Crippen LogP contribution is 2.49. The van der Waals surface area contributed by atoms with Crippen molar-refractivity contribution in [1.29, 1.82) is 0 Å². The molecule has 0 unspecified atom stereocenters. The second-order valence-corrected chi connectivity index (χ2v) is 18.1. The Morgan fingerprint density at radius 1 is 0.414 bits per heavy atom. The Labute approximate surface area is 413 Å². The average molecular weight is 977 g/mol. The van der Waals surface area contributed by atoms with Gasteiger partial charge in [-0.2, -0.15) is 0 Å². The van der Waals surface area contributed by atoms with Gasteiger partial charge in [0.2, 0.25) is 11.8 Å². The molecule has 2 amide bonds. The lowest BCUT2D eigenvalue weighted by molar-refractivity contribution is -0.123. The molecule has 2 heterocycles. The number of aryl methyl sites for hydroxylation is 2. The van der Waals surface area contributed by atoms with Crippen LogP contribution in [0.15, 0.2) is 48.5 Å². The summed E-state index contributed by atoms with van der Waals surface area (Å²) in [6.45, 7) is 12.5. The minimum atomic E-state index is -0.813. The van der Waals surface area contributed by atoms with Crippen molar-refractivity contribution in [3.05, 3.63) is 70.8 Å². The van der Waals surface area contributed by atoms with E-state index in [0.717, 1.165) is 49.7 Å². The largest absolute Gasteiger partial charge is 0.487 e. The lowest BCUT2D eigenvalue weighted by Crippen LogP contribution is -2.46. The maximum Gasteiger partial charge on any atom is 0.235 e. The summed E-state index contributed by atoms with van der Waals surface area (Å²) in [7, 11) is 0. The maximum atomic E-state index is 15.1. The van der Waals surface area contributed by atoms with Gasteiger partial charge >= 0.3 is 0 Å². The standard InChI is InChI=1S/C54H76N2O14/c1-3-13-53(51(57)55-43-9-11-47-49(38-43)69-35-31-65-27-23-61-19-17-59-21-25-63-29-33-67-47)15-5-7-41-37-42-8-6-16-54(14-4-2,46(42)40-45(41)53)52(58)56-44-10-12-48-50(39-44)70-36-32-66-28-24-62-20-18-60-22-26-64-30-34-68-48/h9-12,37-40H,3-8,13-36H2,1-2H3,(H,55,57)(H,56,58)/t53-,54+. The summed E-state index contributed by atoms with van der Waals surface area (Å²) in [6.07, 6.45) is 7.82. The van der Waals surface area contributed by atoms with E-state index in [0.29, 0.717) is 179 Å².